The molecule has 8 heteroatoms. The van der Waals surface area contributed by atoms with Crippen LogP contribution in [0.1, 0.15) is 27.0 Å². The molecule has 0 aliphatic heterocycles. The molecule has 0 atom stereocenters. The van der Waals surface area contributed by atoms with Crippen molar-refractivity contribution < 1.29 is 27.5 Å². The molecular weight excluding hydrogens is 421 g/mol. The van der Waals surface area contributed by atoms with Crippen molar-refractivity contribution in [2.24, 2.45) is 0 Å². The molecule has 0 spiro atoms. The first-order valence-electron chi connectivity index (χ1n) is 9.70. The number of aryl methyl sites for hydroxylation is 2. The van der Waals surface area contributed by atoms with Gasteiger partial charge in [0, 0.05) is 16.9 Å². The second-order valence-electron chi connectivity index (χ2n) is 7.20. The zero-order valence-corrected chi connectivity index (χ0v) is 17.4. The number of hydrogen-bond acceptors (Lipinski definition) is 3. The van der Waals surface area contributed by atoms with Crippen LogP contribution in [0.25, 0.3) is 0 Å². The summed E-state index contributed by atoms with van der Waals surface area (Å²) in [5.41, 5.74) is 1.84. The Morgan fingerprint density at radius 2 is 1.53 bits per heavy atom. The Hall–Kier alpha value is -3.81. The Balaban J connectivity index is 1.61. The first kappa shape index (κ1) is 22.9. The summed E-state index contributed by atoms with van der Waals surface area (Å²) in [6, 6.07) is 15.9. The minimum absolute atomic E-state index is 0.0149. The number of amides is 2. The molecular formula is C24H21F3N2O3. The molecule has 0 bridgehead atoms. The van der Waals surface area contributed by atoms with E-state index in [0.29, 0.717) is 11.4 Å². The van der Waals surface area contributed by atoms with Crippen molar-refractivity contribution in [1.29, 1.82) is 0 Å². The maximum absolute atomic E-state index is 12.8. The van der Waals surface area contributed by atoms with Gasteiger partial charge in [-0.25, -0.2) is 0 Å². The van der Waals surface area contributed by atoms with Crippen molar-refractivity contribution in [3.63, 3.8) is 0 Å². The Morgan fingerprint density at radius 3 is 2.22 bits per heavy atom. The van der Waals surface area contributed by atoms with Gasteiger partial charge in [0.2, 0.25) is 0 Å². The van der Waals surface area contributed by atoms with Gasteiger partial charge in [0.15, 0.2) is 6.61 Å². The summed E-state index contributed by atoms with van der Waals surface area (Å²) in [6.45, 7) is 3.70. The second-order valence-corrected chi connectivity index (χ2v) is 7.20. The lowest BCUT2D eigenvalue weighted by Crippen LogP contribution is -2.20. The van der Waals surface area contributed by atoms with Crippen LogP contribution < -0.4 is 15.4 Å². The number of halogens is 3. The molecule has 166 valence electrons. The monoisotopic (exact) mass is 442 g/mol. The van der Waals surface area contributed by atoms with E-state index in [0.717, 1.165) is 23.3 Å². The van der Waals surface area contributed by atoms with Crippen molar-refractivity contribution in [3.8, 4) is 5.75 Å². The molecule has 3 rings (SSSR count). The summed E-state index contributed by atoms with van der Waals surface area (Å²) in [5, 5.41) is 5.06. The molecule has 0 fully saturated rings. The number of ether oxygens (including phenoxy) is 1. The smallest absolute Gasteiger partial charge is 0.416 e. The van der Waals surface area contributed by atoms with E-state index < -0.39 is 23.6 Å². The summed E-state index contributed by atoms with van der Waals surface area (Å²) in [7, 11) is 0. The Bertz CT molecular complexity index is 1140. The fraction of sp³-hybridized carbons (Fsp3) is 0.167. The quantitative estimate of drug-likeness (QED) is 0.523. The number of benzene rings is 3. The molecule has 0 aromatic heterocycles. The highest BCUT2D eigenvalue weighted by molar-refractivity contribution is 6.05. The molecule has 32 heavy (non-hydrogen) atoms. The second kappa shape index (κ2) is 9.55. The number of carbonyl (C=O) groups excluding carboxylic acids is 2. The van der Waals surface area contributed by atoms with Crippen LogP contribution in [-0.2, 0) is 11.0 Å². The van der Waals surface area contributed by atoms with Gasteiger partial charge < -0.3 is 15.4 Å². The van der Waals surface area contributed by atoms with Crippen LogP contribution in [0.5, 0.6) is 5.75 Å². The lowest BCUT2D eigenvalue weighted by atomic mass is 10.1. The number of alkyl halides is 3. The molecule has 3 aromatic carbocycles. The Labute approximate surface area is 183 Å². The number of rotatable bonds is 6. The molecule has 0 aliphatic rings. The highest BCUT2D eigenvalue weighted by Gasteiger charge is 2.30. The molecule has 0 saturated heterocycles. The van der Waals surface area contributed by atoms with E-state index in [-0.39, 0.29) is 17.9 Å². The molecule has 2 N–H and O–H groups in total. The maximum atomic E-state index is 12.8. The number of nitrogens with one attached hydrogen (secondary N) is 2. The Morgan fingerprint density at radius 1 is 0.844 bits per heavy atom. The highest BCUT2D eigenvalue weighted by atomic mass is 19.4. The molecule has 0 radical (unpaired) electrons. The van der Waals surface area contributed by atoms with Gasteiger partial charge in [-0.2, -0.15) is 13.2 Å². The van der Waals surface area contributed by atoms with Crippen LogP contribution in [0.15, 0.2) is 66.7 Å². The van der Waals surface area contributed by atoms with Gasteiger partial charge in [0.1, 0.15) is 5.75 Å². The molecule has 3 aromatic rings. The molecule has 0 aliphatic carbocycles. The van der Waals surface area contributed by atoms with Crippen LogP contribution in [0, 0.1) is 13.8 Å². The van der Waals surface area contributed by atoms with Gasteiger partial charge in [-0.1, -0.05) is 18.2 Å². The third kappa shape index (κ3) is 6.10. The van der Waals surface area contributed by atoms with E-state index in [1.165, 1.54) is 24.3 Å². The first-order valence-corrected chi connectivity index (χ1v) is 9.70. The number of carbonyl (C=O) groups is 2. The molecule has 0 unspecified atom stereocenters. The topological polar surface area (TPSA) is 67.4 Å². The van der Waals surface area contributed by atoms with Gasteiger partial charge in [-0.15, -0.1) is 0 Å². The maximum Gasteiger partial charge on any atom is 0.416 e. The van der Waals surface area contributed by atoms with Crippen LogP contribution in [0.3, 0.4) is 0 Å². The number of anilines is 2. The van der Waals surface area contributed by atoms with Gasteiger partial charge in [-0.3, -0.25) is 9.59 Å². The van der Waals surface area contributed by atoms with Gasteiger partial charge in [0.05, 0.1) is 5.56 Å². The van der Waals surface area contributed by atoms with E-state index in [1.807, 2.05) is 26.0 Å². The lowest BCUT2D eigenvalue weighted by Gasteiger charge is -2.11. The normalized spacial score (nSPS) is 11.0. The molecule has 0 saturated carbocycles. The summed E-state index contributed by atoms with van der Waals surface area (Å²) in [4.78, 5) is 24.7. The lowest BCUT2D eigenvalue weighted by molar-refractivity contribution is -0.137. The van der Waals surface area contributed by atoms with E-state index in [1.54, 1.807) is 18.2 Å². The van der Waals surface area contributed by atoms with Crippen LogP contribution in [-0.4, -0.2) is 18.4 Å². The van der Waals surface area contributed by atoms with Gasteiger partial charge in [0.25, 0.3) is 11.8 Å². The van der Waals surface area contributed by atoms with Gasteiger partial charge >= 0.3 is 6.18 Å². The van der Waals surface area contributed by atoms with E-state index in [2.05, 4.69) is 10.6 Å². The SMILES string of the molecule is Cc1ccc(OCC(=O)Nc2cccc(C(=O)Nc3cccc(C(F)(F)F)c3)c2)cc1C. The summed E-state index contributed by atoms with van der Waals surface area (Å²) in [5.74, 6) is -0.456. The largest absolute Gasteiger partial charge is 0.484 e. The predicted molar refractivity (Wildman–Crippen MR) is 116 cm³/mol. The fourth-order valence-corrected chi connectivity index (χ4v) is 2.86. The van der Waals surface area contributed by atoms with Crippen LogP contribution in [0.2, 0.25) is 0 Å². The summed E-state index contributed by atoms with van der Waals surface area (Å²) >= 11 is 0. The summed E-state index contributed by atoms with van der Waals surface area (Å²) < 4.78 is 44.0. The van der Waals surface area contributed by atoms with Crippen molar-refractivity contribution >= 4 is 23.2 Å². The number of hydrogen-bond donors (Lipinski definition) is 2. The van der Waals surface area contributed by atoms with Crippen LogP contribution in [0.4, 0.5) is 24.5 Å². The Kier molecular flexibility index (Phi) is 6.82. The van der Waals surface area contributed by atoms with E-state index in [9.17, 15) is 22.8 Å². The average Bonchev–Trinajstić information content (AvgIpc) is 2.74. The average molecular weight is 442 g/mol. The molecule has 0 heterocycles. The van der Waals surface area contributed by atoms with Gasteiger partial charge in [-0.05, 0) is 73.5 Å². The predicted octanol–water partition coefficient (Wildman–Crippen LogP) is 5.59. The van der Waals surface area contributed by atoms with E-state index in [4.69, 9.17) is 4.74 Å². The zero-order chi connectivity index (χ0) is 23.3. The minimum atomic E-state index is -4.51. The molecule has 5 nitrogen and oxygen atoms in total. The third-order valence-corrected chi connectivity index (χ3v) is 4.70. The van der Waals surface area contributed by atoms with Crippen molar-refractivity contribution in [2.45, 2.75) is 20.0 Å². The van der Waals surface area contributed by atoms with E-state index >= 15 is 0 Å². The fourth-order valence-electron chi connectivity index (χ4n) is 2.86. The van der Waals surface area contributed by atoms with Crippen molar-refractivity contribution in [2.75, 3.05) is 17.2 Å². The van der Waals surface area contributed by atoms with Crippen molar-refractivity contribution in [1.82, 2.24) is 0 Å². The van der Waals surface area contributed by atoms with Crippen molar-refractivity contribution in [3.05, 3.63) is 89.0 Å². The first-order chi connectivity index (χ1) is 15.1. The molecule has 2 amide bonds. The highest BCUT2D eigenvalue weighted by Crippen LogP contribution is 2.30. The standard InChI is InChI=1S/C24H21F3N2O3/c1-15-9-10-21(11-16(15)2)32-14-22(30)28-19-7-3-5-17(12-19)23(31)29-20-8-4-6-18(13-20)24(25,26)27/h3-13H,14H2,1-2H3,(H,28,30)(H,29,31). The zero-order valence-electron chi connectivity index (χ0n) is 17.4. The third-order valence-electron chi connectivity index (χ3n) is 4.70. The summed E-state index contributed by atoms with van der Waals surface area (Å²) in [6.07, 6.45) is -4.51. The minimum Gasteiger partial charge on any atom is -0.484 e. The van der Waals surface area contributed by atoms with Crippen LogP contribution >= 0.6 is 0 Å².